The fraction of sp³-hybridized carbons (Fsp3) is 0.292. The number of halogens is 3. The van der Waals surface area contributed by atoms with Gasteiger partial charge in [-0.1, -0.05) is 24.0 Å². The van der Waals surface area contributed by atoms with Gasteiger partial charge in [-0.25, -0.2) is 9.97 Å². The van der Waals surface area contributed by atoms with E-state index >= 15 is 0 Å². The molecule has 0 radical (unpaired) electrons. The number of alkyl halides is 3. The summed E-state index contributed by atoms with van der Waals surface area (Å²) >= 11 is 0. The number of pyridine rings is 1. The van der Waals surface area contributed by atoms with Gasteiger partial charge in [-0.15, -0.1) is 0 Å². The molecule has 0 saturated heterocycles. The summed E-state index contributed by atoms with van der Waals surface area (Å²) in [6.45, 7) is 0. The summed E-state index contributed by atoms with van der Waals surface area (Å²) in [7, 11) is 0. The summed E-state index contributed by atoms with van der Waals surface area (Å²) in [5, 5.41) is 12.9. The Balaban J connectivity index is 1.76. The van der Waals surface area contributed by atoms with E-state index in [-0.39, 0.29) is 40.7 Å². The first kappa shape index (κ1) is 23.3. The predicted octanol–water partition coefficient (Wildman–Crippen LogP) is 3.84. The first-order chi connectivity index (χ1) is 16.2. The number of nitrogens with one attached hydrogen (secondary N) is 1. The molecule has 1 fully saturated rings. The third-order valence-corrected chi connectivity index (χ3v) is 5.55. The highest BCUT2D eigenvalue weighted by Gasteiger charge is 2.31. The molecule has 1 aliphatic rings. The summed E-state index contributed by atoms with van der Waals surface area (Å²) in [6.07, 6.45) is -0.634. The van der Waals surface area contributed by atoms with Crippen molar-refractivity contribution in [2.24, 2.45) is 0 Å². The van der Waals surface area contributed by atoms with Crippen LogP contribution in [0.5, 0.6) is 0 Å². The van der Waals surface area contributed by atoms with E-state index in [1.54, 1.807) is 12.1 Å². The van der Waals surface area contributed by atoms with Crippen LogP contribution >= 0.6 is 0 Å². The Labute approximate surface area is 194 Å². The lowest BCUT2D eigenvalue weighted by molar-refractivity contribution is -0.137. The fourth-order valence-electron chi connectivity index (χ4n) is 3.73. The molecular weight excluding hydrogens is 445 g/mol. The number of rotatable bonds is 3. The van der Waals surface area contributed by atoms with Gasteiger partial charge in [-0.2, -0.15) is 18.2 Å². The van der Waals surface area contributed by atoms with Crippen LogP contribution in [0, 0.1) is 11.8 Å². The summed E-state index contributed by atoms with van der Waals surface area (Å²) in [6, 6.07) is 8.12. The molecule has 0 aliphatic heterocycles. The zero-order chi connectivity index (χ0) is 24.3. The Morgan fingerprint density at radius 1 is 1.00 bits per heavy atom. The molecule has 176 valence electrons. The highest BCUT2D eigenvalue weighted by Crippen LogP contribution is 2.34. The minimum Gasteiger partial charge on any atom is -0.393 e. The van der Waals surface area contributed by atoms with Gasteiger partial charge in [0.05, 0.1) is 22.9 Å². The van der Waals surface area contributed by atoms with E-state index < -0.39 is 11.7 Å². The van der Waals surface area contributed by atoms with Crippen molar-refractivity contribution < 1.29 is 18.3 Å². The first-order valence-corrected chi connectivity index (χ1v) is 10.7. The van der Waals surface area contributed by atoms with Crippen LogP contribution in [0.15, 0.2) is 42.6 Å². The summed E-state index contributed by atoms with van der Waals surface area (Å²) in [4.78, 5) is 12.8. The van der Waals surface area contributed by atoms with E-state index in [4.69, 9.17) is 11.5 Å². The van der Waals surface area contributed by atoms with Gasteiger partial charge in [0.2, 0.25) is 5.95 Å². The maximum atomic E-state index is 13.4. The standard InChI is InChI=1S/C24H23F3N6O/c25-24(26,27)16-3-1-2-15(12-16)21-19(10-4-14-5-11-20(28)30-13-14)22(29)33-23(32-21)31-17-6-8-18(34)9-7-17/h1-3,5,11-13,17-18,34H,6-9H2,(H2,28,30)(H3,29,31,32,33). The molecule has 0 atom stereocenters. The van der Waals surface area contributed by atoms with Crippen molar-refractivity contribution in [2.45, 2.75) is 44.0 Å². The lowest BCUT2D eigenvalue weighted by Gasteiger charge is -2.26. The molecule has 1 aromatic carbocycles. The first-order valence-electron chi connectivity index (χ1n) is 10.7. The number of nitrogens with zero attached hydrogens (tertiary/aromatic N) is 3. The zero-order valence-electron chi connectivity index (χ0n) is 18.1. The van der Waals surface area contributed by atoms with Crippen LogP contribution in [0.3, 0.4) is 0 Å². The highest BCUT2D eigenvalue weighted by molar-refractivity contribution is 5.75. The van der Waals surface area contributed by atoms with Crippen molar-refractivity contribution in [2.75, 3.05) is 16.8 Å². The van der Waals surface area contributed by atoms with Crippen LogP contribution in [0.1, 0.15) is 42.4 Å². The van der Waals surface area contributed by atoms with Crippen molar-refractivity contribution in [1.82, 2.24) is 15.0 Å². The molecule has 3 aromatic rings. The summed E-state index contributed by atoms with van der Waals surface area (Å²) in [5.41, 5.74) is 12.2. The van der Waals surface area contributed by atoms with Gasteiger partial charge in [0, 0.05) is 23.4 Å². The van der Waals surface area contributed by atoms with Crippen molar-refractivity contribution in [1.29, 1.82) is 0 Å². The van der Waals surface area contributed by atoms with Crippen LogP contribution in [-0.2, 0) is 6.18 Å². The van der Waals surface area contributed by atoms with E-state index in [0.717, 1.165) is 25.0 Å². The minimum absolute atomic E-state index is 0.0231. The minimum atomic E-state index is -4.51. The van der Waals surface area contributed by atoms with E-state index in [2.05, 4.69) is 32.1 Å². The third-order valence-electron chi connectivity index (χ3n) is 5.55. The Morgan fingerprint density at radius 3 is 2.44 bits per heavy atom. The van der Waals surface area contributed by atoms with Gasteiger partial charge in [0.1, 0.15) is 11.6 Å². The Kier molecular flexibility index (Phi) is 6.56. The summed E-state index contributed by atoms with van der Waals surface area (Å²) in [5.74, 6) is 6.35. The van der Waals surface area contributed by atoms with Crippen LogP contribution in [0.4, 0.5) is 30.8 Å². The quantitative estimate of drug-likeness (QED) is 0.431. The lowest BCUT2D eigenvalue weighted by Crippen LogP contribution is -2.29. The molecular formula is C24H23F3N6O. The number of anilines is 3. The van der Waals surface area contributed by atoms with Gasteiger partial charge in [-0.3, -0.25) is 0 Å². The van der Waals surface area contributed by atoms with Crippen LogP contribution in [-0.4, -0.2) is 32.2 Å². The van der Waals surface area contributed by atoms with Gasteiger partial charge < -0.3 is 21.9 Å². The number of aliphatic hydroxyl groups is 1. The fourth-order valence-corrected chi connectivity index (χ4v) is 3.73. The molecule has 1 saturated carbocycles. The molecule has 0 unspecified atom stereocenters. The molecule has 2 heterocycles. The monoisotopic (exact) mass is 468 g/mol. The topological polar surface area (TPSA) is 123 Å². The Morgan fingerprint density at radius 2 is 1.76 bits per heavy atom. The second-order valence-electron chi connectivity index (χ2n) is 8.11. The maximum absolute atomic E-state index is 13.4. The van der Waals surface area contributed by atoms with Crippen molar-refractivity contribution in [3.8, 4) is 23.1 Å². The van der Waals surface area contributed by atoms with E-state index in [0.29, 0.717) is 24.2 Å². The highest BCUT2D eigenvalue weighted by atomic mass is 19.4. The Bertz CT molecular complexity index is 1230. The number of nitrogens with two attached hydrogens (primary N) is 2. The maximum Gasteiger partial charge on any atom is 0.416 e. The molecule has 34 heavy (non-hydrogen) atoms. The molecule has 0 bridgehead atoms. The number of hydrogen-bond acceptors (Lipinski definition) is 7. The smallest absolute Gasteiger partial charge is 0.393 e. The van der Waals surface area contributed by atoms with Crippen LogP contribution in [0.2, 0.25) is 0 Å². The normalized spacial score (nSPS) is 18.1. The third kappa shape index (κ3) is 5.55. The molecule has 4 rings (SSSR count). The molecule has 1 aliphatic carbocycles. The van der Waals surface area contributed by atoms with Gasteiger partial charge in [0.25, 0.3) is 0 Å². The second-order valence-corrected chi connectivity index (χ2v) is 8.11. The SMILES string of the molecule is Nc1ccc(C#Cc2c(N)nc(NC3CCC(O)CC3)nc2-c2cccc(C(F)(F)F)c2)cn1. The average Bonchev–Trinajstić information content (AvgIpc) is 2.80. The van der Waals surface area contributed by atoms with Crippen LogP contribution < -0.4 is 16.8 Å². The molecule has 7 nitrogen and oxygen atoms in total. The molecule has 6 N–H and O–H groups in total. The number of aliphatic hydroxyl groups excluding tert-OH is 1. The molecule has 10 heteroatoms. The Hall–Kier alpha value is -3.84. The van der Waals surface area contributed by atoms with Crippen molar-refractivity contribution >= 4 is 17.6 Å². The number of aromatic nitrogens is 3. The van der Waals surface area contributed by atoms with Crippen LogP contribution in [0.25, 0.3) is 11.3 Å². The van der Waals surface area contributed by atoms with Gasteiger partial charge in [-0.05, 0) is 49.9 Å². The van der Waals surface area contributed by atoms with Crippen molar-refractivity contribution in [3.63, 3.8) is 0 Å². The zero-order valence-corrected chi connectivity index (χ0v) is 18.1. The molecule has 2 aromatic heterocycles. The van der Waals surface area contributed by atoms with Crippen molar-refractivity contribution in [3.05, 3.63) is 59.3 Å². The van der Waals surface area contributed by atoms with Gasteiger partial charge >= 0.3 is 6.18 Å². The van der Waals surface area contributed by atoms with E-state index in [1.165, 1.54) is 18.3 Å². The van der Waals surface area contributed by atoms with E-state index in [9.17, 15) is 18.3 Å². The molecule has 0 spiro atoms. The largest absolute Gasteiger partial charge is 0.416 e. The number of nitrogen functional groups attached to an aromatic ring is 2. The average molecular weight is 468 g/mol. The van der Waals surface area contributed by atoms with Gasteiger partial charge in [0.15, 0.2) is 0 Å². The lowest BCUT2D eigenvalue weighted by atomic mass is 9.93. The van der Waals surface area contributed by atoms with E-state index in [1.807, 2.05) is 0 Å². The predicted molar refractivity (Wildman–Crippen MR) is 123 cm³/mol. The number of hydrogen-bond donors (Lipinski definition) is 4. The molecule has 0 amide bonds. The number of benzene rings is 1. The second kappa shape index (κ2) is 9.57. The summed E-state index contributed by atoms with van der Waals surface area (Å²) < 4.78 is 40.1.